The molecule has 2 nitrogen and oxygen atoms in total. The molecule has 0 spiro atoms. The van der Waals surface area contributed by atoms with E-state index in [1.807, 2.05) is 37.4 Å². The van der Waals surface area contributed by atoms with E-state index < -0.39 is 0 Å². The lowest BCUT2D eigenvalue weighted by atomic mass is 10.2. The Balaban J connectivity index is 2.08. The van der Waals surface area contributed by atoms with Crippen molar-refractivity contribution < 1.29 is 4.74 Å². The molecule has 1 heterocycles. The second-order valence-corrected chi connectivity index (χ2v) is 4.69. The lowest BCUT2D eigenvalue weighted by Gasteiger charge is -2.08. The van der Waals surface area contributed by atoms with Crippen molar-refractivity contribution in [3.05, 3.63) is 57.4 Å². The number of hydrogen-bond donors (Lipinski definition) is 0. The average Bonchev–Trinajstić information content (AvgIpc) is 2.32. The van der Waals surface area contributed by atoms with E-state index >= 15 is 0 Å². The Bertz CT molecular complexity index is 471. The molecule has 0 saturated carbocycles. The van der Waals surface area contributed by atoms with E-state index in [-0.39, 0.29) is 0 Å². The molecule has 1 aromatic heterocycles. The minimum Gasteiger partial charge on any atom is -0.488 e. The van der Waals surface area contributed by atoms with Crippen molar-refractivity contribution in [1.82, 2.24) is 4.98 Å². The van der Waals surface area contributed by atoms with Gasteiger partial charge in [-0.25, -0.2) is 0 Å². The number of rotatable bonds is 3. The Morgan fingerprint density at radius 3 is 2.75 bits per heavy atom. The first-order valence-electron chi connectivity index (χ1n) is 5.04. The summed E-state index contributed by atoms with van der Waals surface area (Å²) in [5.74, 6) is 0.900. The van der Waals surface area contributed by atoms with Gasteiger partial charge in [0.2, 0.25) is 0 Å². The third kappa shape index (κ3) is 2.95. The summed E-state index contributed by atoms with van der Waals surface area (Å²) in [6.07, 6.45) is 1.83. The van der Waals surface area contributed by atoms with Crippen LogP contribution in [0.25, 0.3) is 0 Å². The Hall–Kier alpha value is -1.10. The monoisotopic (exact) mass is 325 g/mol. The number of aromatic nitrogens is 1. The first kappa shape index (κ1) is 11.4. The molecule has 0 amide bonds. The SMILES string of the molecule is Cc1cc(OCc2ccccc2)c(I)cn1. The van der Waals surface area contributed by atoms with Crippen LogP contribution in [-0.4, -0.2) is 4.98 Å². The minimum absolute atomic E-state index is 0.598. The number of ether oxygens (including phenoxy) is 1. The molecule has 3 heteroatoms. The molecular weight excluding hydrogens is 313 g/mol. The summed E-state index contributed by atoms with van der Waals surface area (Å²) in [5.41, 5.74) is 2.15. The second kappa shape index (κ2) is 5.30. The van der Waals surface area contributed by atoms with Crippen LogP contribution in [0.5, 0.6) is 5.75 Å². The van der Waals surface area contributed by atoms with Crippen LogP contribution in [0.15, 0.2) is 42.6 Å². The number of pyridine rings is 1. The van der Waals surface area contributed by atoms with Gasteiger partial charge in [0.15, 0.2) is 0 Å². The normalized spacial score (nSPS) is 10.1. The Kier molecular flexibility index (Phi) is 3.77. The molecule has 0 aliphatic carbocycles. The predicted octanol–water partition coefficient (Wildman–Crippen LogP) is 3.57. The molecule has 0 saturated heterocycles. The van der Waals surface area contributed by atoms with E-state index in [1.165, 1.54) is 5.56 Å². The van der Waals surface area contributed by atoms with Gasteiger partial charge < -0.3 is 4.74 Å². The van der Waals surface area contributed by atoms with Gasteiger partial charge in [-0.05, 0) is 35.1 Å². The molecule has 0 fully saturated rings. The standard InChI is InChI=1S/C13H12INO/c1-10-7-13(12(14)8-15-10)16-9-11-5-3-2-4-6-11/h2-8H,9H2,1H3. The summed E-state index contributed by atoms with van der Waals surface area (Å²) in [6.45, 7) is 2.56. The summed E-state index contributed by atoms with van der Waals surface area (Å²) in [4.78, 5) is 4.21. The molecule has 1 aromatic carbocycles. The number of aryl methyl sites for hydroxylation is 1. The van der Waals surface area contributed by atoms with E-state index in [0.29, 0.717) is 6.61 Å². The average molecular weight is 325 g/mol. The van der Waals surface area contributed by atoms with Crippen molar-refractivity contribution in [1.29, 1.82) is 0 Å². The van der Waals surface area contributed by atoms with Gasteiger partial charge in [-0.15, -0.1) is 0 Å². The van der Waals surface area contributed by atoms with E-state index in [9.17, 15) is 0 Å². The van der Waals surface area contributed by atoms with Gasteiger partial charge in [0, 0.05) is 18.0 Å². The van der Waals surface area contributed by atoms with Crippen LogP contribution in [0.2, 0.25) is 0 Å². The fourth-order valence-corrected chi connectivity index (χ4v) is 1.81. The fraction of sp³-hybridized carbons (Fsp3) is 0.154. The number of benzene rings is 1. The molecule has 0 atom stereocenters. The van der Waals surface area contributed by atoms with Crippen molar-refractivity contribution in [3.63, 3.8) is 0 Å². The molecule has 82 valence electrons. The van der Waals surface area contributed by atoms with Crippen molar-refractivity contribution in [3.8, 4) is 5.75 Å². The summed E-state index contributed by atoms with van der Waals surface area (Å²) < 4.78 is 6.80. The molecule has 0 radical (unpaired) electrons. The van der Waals surface area contributed by atoms with Crippen LogP contribution in [0.3, 0.4) is 0 Å². The highest BCUT2D eigenvalue weighted by Crippen LogP contribution is 2.21. The summed E-state index contributed by atoms with van der Waals surface area (Å²) >= 11 is 2.23. The van der Waals surface area contributed by atoms with Crippen LogP contribution >= 0.6 is 22.6 Å². The van der Waals surface area contributed by atoms with Gasteiger partial charge in [-0.1, -0.05) is 30.3 Å². The zero-order valence-electron chi connectivity index (χ0n) is 8.98. The van der Waals surface area contributed by atoms with Crippen LogP contribution < -0.4 is 4.74 Å². The molecular formula is C13H12INO. The number of nitrogens with zero attached hydrogens (tertiary/aromatic N) is 1. The Labute approximate surface area is 109 Å². The number of halogens is 1. The van der Waals surface area contributed by atoms with Gasteiger partial charge in [0.1, 0.15) is 12.4 Å². The summed E-state index contributed by atoms with van der Waals surface area (Å²) in [5, 5.41) is 0. The maximum Gasteiger partial charge on any atom is 0.136 e. The van der Waals surface area contributed by atoms with Gasteiger partial charge in [0.05, 0.1) is 3.57 Å². The zero-order chi connectivity index (χ0) is 11.4. The highest BCUT2D eigenvalue weighted by molar-refractivity contribution is 14.1. The van der Waals surface area contributed by atoms with E-state index in [2.05, 4.69) is 39.7 Å². The molecule has 0 bridgehead atoms. The van der Waals surface area contributed by atoms with Crippen LogP contribution in [0.4, 0.5) is 0 Å². The molecule has 16 heavy (non-hydrogen) atoms. The van der Waals surface area contributed by atoms with Gasteiger partial charge in [0.25, 0.3) is 0 Å². The van der Waals surface area contributed by atoms with Crippen molar-refractivity contribution in [2.24, 2.45) is 0 Å². The van der Waals surface area contributed by atoms with Crippen molar-refractivity contribution in [2.75, 3.05) is 0 Å². The largest absolute Gasteiger partial charge is 0.488 e. The van der Waals surface area contributed by atoms with Gasteiger partial charge in [-0.3, -0.25) is 4.98 Å². The number of hydrogen-bond acceptors (Lipinski definition) is 2. The summed E-state index contributed by atoms with van der Waals surface area (Å²) in [6, 6.07) is 12.1. The third-order valence-corrected chi connectivity index (χ3v) is 3.00. The molecule has 0 N–H and O–H groups in total. The zero-order valence-corrected chi connectivity index (χ0v) is 11.1. The highest BCUT2D eigenvalue weighted by atomic mass is 127. The topological polar surface area (TPSA) is 22.1 Å². The predicted molar refractivity (Wildman–Crippen MR) is 72.5 cm³/mol. The molecule has 0 aliphatic rings. The molecule has 0 aliphatic heterocycles. The lowest BCUT2D eigenvalue weighted by molar-refractivity contribution is 0.303. The van der Waals surface area contributed by atoms with Crippen LogP contribution in [0.1, 0.15) is 11.3 Å². The second-order valence-electron chi connectivity index (χ2n) is 3.53. The smallest absolute Gasteiger partial charge is 0.136 e. The first-order chi connectivity index (χ1) is 7.75. The first-order valence-corrected chi connectivity index (χ1v) is 6.12. The molecule has 2 rings (SSSR count). The lowest BCUT2D eigenvalue weighted by Crippen LogP contribution is -1.97. The van der Waals surface area contributed by atoms with Crippen molar-refractivity contribution >= 4 is 22.6 Å². The van der Waals surface area contributed by atoms with Crippen LogP contribution in [-0.2, 0) is 6.61 Å². The minimum atomic E-state index is 0.598. The van der Waals surface area contributed by atoms with Crippen LogP contribution in [0, 0.1) is 10.5 Å². The third-order valence-electron chi connectivity index (χ3n) is 2.19. The van der Waals surface area contributed by atoms with Gasteiger partial charge >= 0.3 is 0 Å². The Morgan fingerprint density at radius 1 is 1.25 bits per heavy atom. The van der Waals surface area contributed by atoms with E-state index in [4.69, 9.17) is 4.74 Å². The quantitative estimate of drug-likeness (QED) is 0.805. The van der Waals surface area contributed by atoms with Crippen molar-refractivity contribution in [2.45, 2.75) is 13.5 Å². The van der Waals surface area contributed by atoms with E-state index in [1.54, 1.807) is 0 Å². The molecule has 0 unspecified atom stereocenters. The Morgan fingerprint density at radius 2 is 2.00 bits per heavy atom. The molecule has 2 aromatic rings. The summed E-state index contributed by atoms with van der Waals surface area (Å²) in [7, 11) is 0. The van der Waals surface area contributed by atoms with E-state index in [0.717, 1.165) is 15.0 Å². The highest BCUT2D eigenvalue weighted by Gasteiger charge is 2.02. The maximum absolute atomic E-state index is 5.76. The maximum atomic E-state index is 5.76. The van der Waals surface area contributed by atoms with Gasteiger partial charge in [-0.2, -0.15) is 0 Å². The fourth-order valence-electron chi connectivity index (χ4n) is 1.36.